The van der Waals surface area contributed by atoms with Gasteiger partial charge in [0.1, 0.15) is 5.69 Å². The van der Waals surface area contributed by atoms with Crippen LogP contribution in [0.5, 0.6) is 0 Å². The second-order valence-electron chi connectivity index (χ2n) is 5.47. The Morgan fingerprint density at radius 3 is 2.81 bits per heavy atom. The molecule has 1 aliphatic heterocycles. The van der Waals surface area contributed by atoms with E-state index in [1.54, 1.807) is 0 Å². The summed E-state index contributed by atoms with van der Waals surface area (Å²) in [7, 11) is 0. The second-order valence-corrected chi connectivity index (χ2v) is 5.47. The third-order valence-electron chi connectivity index (χ3n) is 3.94. The lowest BCUT2D eigenvalue weighted by molar-refractivity contribution is -0.152. The summed E-state index contributed by atoms with van der Waals surface area (Å²) < 4.78 is 0. The molecule has 1 aromatic heterocycles. The van der Waals surface area contributed by atoms with Gasteiger partial charge < -0.3 is 10.0 Å². The molecule has 0 radical (unpaired) electrons. The van der Waals surface area contributed by atoms with Crippen LogP contribution in [0.4, 0.5) is 0 Å². The molecule has 2 heterocycles. The molecule has 0 spiro atoms. The fourth-order valence-electron chi connectivity index (χ4n) is 2.89. The molecule has 7 heteroatoms. The summed E-state index contributed by atoms with van der Waals surface area (Å²) in [6, 6.07) is 2.60. The number of carbonyl (C=O) groups is 2. The lowest BCUT2D eigenvalue weighted by atomic mass is 9.76. The van der Waals surface area contributed by atoms with Crippen molar-refractivity contribution in [1.82, 2.24) is 15.1 Å². The fraction of sp³-hybridized carbons (Fsp3) is 0.571. The van der Waals surface area contributed by atoms with Crippen LogP contribution in [0.25, 0.3) is 0 Å². The van der Waals surface area contributed by atoms with Crippen LogP contribution in [0.1, 0.15) is 43.1 Å². The highest BCUT2D eigenvalue weighted by Crippen LogP contribution is 2.35. The first-order chi connectivity index (χ1) is 9.98. The molecule has 114 valence electrons. The van der Waals surface area contributed by atoms with Crippen LogP contribution in [0.15, 0.2) is 16.9 Å². The van der Waals surface area contributed by atoms with Gasteiger partial charge in [-0.3, -0.25) is 14.4 Å². The number of amides is 1. The normalized spacial score (nSPS) is 22.0. The Labute approximate surface area is 122 Å². The van der Waals surface area contributed by atoms with Crippen molar-refractivity contribution in [3.63, 3.8) is 0 Å². The molecule has 1 saturated heterocycles. The van der Waals surface area contributed by atoms with Gasteiger partial charge in [-0.15, -0.1) is 0 Å². The molecular formula is C14H19N3O4. The number of nitrogens with one attached hydrogen (secondary N) is 1. The minimum Gasteiger partial charge on any atom is -0.481 e. The van der Waals surface area contributed by atoms with E-state index in [1.807, 2.05) is 6.92 Å². The van der Waals surface area contributed by atoms with Crippen LogP contribution in [0.2, 0.25) is 0 Å². The number of hydrogen-bond donors (Lipinski definition) is 2. The molecule has 0 aliphatic carbocycles. The Balaban J connectivity index is 2.20. The third-order valence-corrected chi connectivity index (χ3v) is 3.94. The zero-order valence-electron chi connectivity index (χ0n) is 12.0. The topological polar surface area (TPSA) is 103 Å². The molecule has 0 bridgehead atoms. The van der Waals surface area contributed by atoms with Gasteiger partial charge in [0.25, 0.3) is 11.5 Å². The third kappa shape index (κ3) is 3.12. The number of rotatable bonds is 4. The number of aromatic nitrogens is 2. The zero-order valence-corrected chi connectivity index (χ0v) is 12.0. The molecule has 2 N–H and O–H groups in total. The van der Waals surface area contributed by atoms with E-state index in [4.69, 9.17) is 0 Å². The molecule has 1 atom stereocenters. The minimum atomic E-state index is -0.870. The highest BCUT2D eigenvalue weighted by atomic mass is 16.4. The summed E-state index contributed by atoms with van der Waals surface area (Å²) in [5.41, 5.74) is -1.12. The van der Waals surface area contributed by atoms with Gasteiger partial charge in [0.2, 0.25) is 0 Å². The summed E-state index contributed by atoms with van der Waals surface area (Å²) in [5, 5.41) is 15.5. The summed E-state index contributed by atoms with van der Waals surface area (Å²) in [4.78, 5) is 36.5. The molecule has 0 saturated carbocycles. The quantitative estimate of drug-likeness (QED) is 0.857. The van der Waals surface area contributed by atoms with Crippen molar-refractivity contribution in [3.8, 4) is 0 Å². The van der Waals surface area contributed by atoms with Gasteiger partial charge >= 0.3 is 5.97 Å². The van der Waals surface area contributed by atoms with Crippen molar-refractivity contribution >= 4 is 11.9 Å². The molecule has 1 amide bonds. The molecule has 1 aromatic rings. The van der Waals surface area contributed by atoms with E-state index >= 15 is 0 Å². The summed E-state index contributed by atoms with van der Waals surface area (Å²) >= 11 is 0. The number of nitrogens with zero attached hydrogens (tertiary/aromatic N) is 2. The number of aliphatic carboxylic acids is 1. The molecule has 1 unspecified atom stereocenters. The van der Waals surface area contributed by atoms with E-state index in [2.05, 4.69) is 10.2 Å². The van der Waals surface area contributed by atoms with Gasteiger partial charge in [-0.25, -0.2) is 5.10 Å². The summed E-state index contributed by atoms with van der Waals surface area (Å²) in [5.74, 6) is -1.19. The van der Waals surface area contributed by atoms with Crippen LogP contribution in [-0.4, -0.2) is 45.2 Å². The van der Waals surface area contributed by atoms with Gasteiger partial charge in [-0.1, -0.05) is 13.3 Å². The number of hydrogen-bond acceptors (Lipinski definition) is 4. The molecule has 1 aliphatic rings. The molecule has 0 aromatic carbocycles. The van der Waals surface area contributed by atoms with Crippen molar-refractivity contribution < 1.29 is 14.7 Å². The largest absolute Gasteiger partial charge is 0.481 e. The molecule has 7 nitrogen and oxygen atoms in total. The monoisotopic (exact) mass is 293 g/mol. The van der Waals surface area contributed by atoms with E-state index < -0.39 is 11.4 Å². The van der Waals surface area contributed by atoms with E-state index in [0.717, 1.165) is 6.42 Å². The van der Waals surface area contributed by atoms with E-state index in [9.17, 15) is 19.5 Å². The van der Waals surface area contributed by atoms with Gasteiger partial charge in [-0.2, -0.15) is 5.10 Å². The first-order valence-electron chi connectivity index (χ1n) is 7.07. The maximum absolute atomic E-state index is 12.4. The van der Waals surface area contributed by atoms with Crippen LogP contribution in [0.3, 0.4) is 0 Å². The maximum Gasteiger partial charge on any atom is 0.311 e. The fourth-order valence-corrected chi connectivity index (χ4v) is 2.89. The lowest BCUT2D eigenvalue weighted by Gasteiger charge is -2.39. The van der Waals surface area contributed by atoms with E-state index in [-0.39, 0.29) is 23.7 Å². The van der Waals surface area contributed by atoms with Crippen molar-refractivity contribution in [2.75, 3.05) is 13.1 Å². The SMILES string of the molecule is CCCC1(C(=O)O)CCCN(C(=O)c2ccc(=O)[nH]n2)C1. The number of piperidine rings is 1. The number of H-pyrrole nitrogens is 1. The number of aromatic amines is 1. The smallest absolute Gasteiger partial charge is 0.311 e. The van der Waals surface area contributed by atoms with Crippen LogP contribution in [0, 0.1) is 5.41 Å². The highest BCUT2D eigenvalue weighted by molar-refractivity contribution is 5.92. The van der Waals surface area contributed by atoms with Crippen LogP contribution in [-0.2, 0) is 4.79 Å². The van der Waals surface area contributed by atoms with Gasteiger partial charge in [0.05, 0.1) is 5.41 Å². The van der Waals surface area contributed by atoms with Crippen molar-refractivity contribution in [3.05, 3.63) is 28.2 Å². The Morgan fingerprint density at radius 1 is 1.48 bits per heavy atom. The number of carboxylic acids is 1. The maximum atomic E-state index is 12.4. The molecule has 21 heavy (non-hydrogen) atoms. The van der Waals surface area contributed by atoms with Gasteiger partial charge in [0.15, 0.2) is 0 Å². The highest BCUT2D eigenvalue weighted by Gasteiger charge is 2.43. The predicted octanol–water partition coefficient (Wildman–Crippen LogP) is 0.877. The van der Waals surface area contributed by atoms with Crippen LogP contribution < -0.4 is 5.56 Å². The van der Waals surface area contributed by atoms with Crippen LogP contribution >= 0.6 is 0 Å². The van der Waals surface area contributed by atoms with Crippen molar-refractivity contribution in [1.29, 1.82) is 0 Å². The van der Waals surface area contributed by atoms with Crippen molar-refractivity contribution in [2.24, 2.45) is 5.41 Å². The Hall–Kier alpha value is -2.18. The van der Waals surface area contributed by atoms with E-state index in [0.29, 0.717) is 25.8 Å². The zero-order chi connectivity index (χ0) is 15.5. The second kappa shape index (κ2) is 6.07. The number of carbonyl (C=O) groups excluding carboxylic acids is 1. The van der Waals surface area contributed by atoms with Gasteiger partial charge in [-0.05, 0) is 25.3 Å². The van der Waals surface area contributed by atoms with Gasteiger partial charge in [0, 0.05) is 19.2 Å². The number of carboxylic acid groups (broad SMARTS) is 1. The molecule has 1 fully saturated rings. The first kappa shape index (κ1) is 15.2. The predicted molar refractivity (Wildman–Crippen MR) is 75.0 cm³/mol. The van der Waals surface area contributed by atoms with Crippen molar-refractivity contribution in [2.45, 2.75) is 32.6 Å². The molecule has 2 rings (SSSR count). The standard InChI is InChI=1S/C14H19N3O4/c1-2-6-14(13(20)21)7-3-8-17(9-14)12(19)10-4-5-11(18)16-15-10/h4-5H,2-3,6-9H2,1H3,(H,16,18)(H,20,21). The summed E-state index contributed by atoms with van der Waals surface area (Å²) in [6.07, 6.45) is 2.54. The molecular weight excluding hydrogens is 274 g/mol. The Morgan fingerprint density at radius 2 is 2.24 bits per heavy atom. The average Bonchev–Trinajstić information content (AvgIpc) is 2.48. The lowest BCUT2D eigenvalue weighted by Crippen LogP contribution is -2.50. The minimum absolute atomic E-state index is 0.132. The average molecular weight is 293 g/mol. The first-order valence-corrected chi connectivity index (χ1v) is 7.07. The number of likely N-dealkylation sites (tertiary alicyclic amines) is 1. The van der Waals surface area contributed by atoms with E-state index in [1.165, 1.54) is 17.0 Å². The Kier molecular flexibility index (Phi) is 4.40. The summed E-state index contributed by atoms with van der Waals surface area (Å²) in [6.45, 7) is 2.64. The Bertz CT molecular complexity index is 574.